The summed E-state index contributed by atoms with van der Waals surface area (Å²) in [4.78, 5) is 12.1. The van der Waals surface area contributed by atoms with Crippen LogP contribution in [0.1, 0.15) is 44.0 Å². The van der Waals surface area contributed by atoms with Crippen LogP contribution in [0.2, 0.25) is 5.02 Å². The number of carbonyl (C=O) groups is 1. The lowest BCUT2D eigenvalue weighted by Crippen LogP contribution is -2.45. The maximum absolute atomic E-state index is 12.1. The third kappa shape index (κ3) is 3.37. The number of hydrogen-bond donors (Lipinski definition) is 2. The number of nitrogens with two attached hydrogens (primary N) is 1. The van der Waals surface area contributed by atoms with E-state index >= 15 is 0 Å². The average Bonchev–Trinajstić information content (AvgIpc) is 2.28. The minimum absolute atomic E-state index is 0.148. The van der Waals surface area contributed by atoms with Gasteiger partial charge in [0.05, 0.1) is 5.56 Å². The number of hydrogen-bond acceptors (Lipinski definition) is 2. The molecule has 0 aliphatic heterocycles. The zero-order valence-electron chi connectivity index (χ0n) is 10.5. The Morgan fingerprint density at radius 3 is 2.47 bits per heavy atom. The van der Waals surface area contributed by atoms with Gasteiger partial charge >= 0.3 is 0 Å². The number of carbonyl (C=O) groups excluding carboxylic acids is 1. The summed E-state index contributed by atoms with van der Waals surface area (Å²) in [6.07, 6.45) is 1.76. The smallest absolute Gasteiger partial charge is 0.253 e. The van der Waals surface area contributed by atoms with E-state index in [9.17, 15) is 4.79 Å². The van der Waals surface area contributed by atoms with Gasteiger partial charge in [-0.2, -0.15) is 0 Å². The van der Waals surface area contributed by atoms with Gasteiger partial charge in [0.2, 0.25) is 0 Å². The third-order valence-electron chi connectivity index (χ3n) is 3.23. The molecule has 1 rings (SSSR count). The van der Waals surface area contributed by atoms with Crippen molar-refractivity contribution < 1.29 is 4.79 Å². The molecule has 0 unspecified atom stereocenters. The fraction of sp³-hybridized carbons (Fsp3) is 0.462. The molecular weight excluding hydrogens is 236 g/mol. The molecule has 0 aromatic heterocycles. The van der Waals surface area contributed by atoms with Crippen molar-refractivity contribution in [2.75, 3.05) is 5.73 Å². The molecule has 17 heavy (non-hydrogen) atoms. The van der Waals surface area contributed by atoms with Crippen LogP contribution in [0.3, 0.4) is 0 Å². The van der Waals surface area contributed by atoms with Crippen LogP contribution in [0.4, 0.5) is 5.69 Å². The van der Waals surface area contributed by atoms with Crippen molar-refractivity contribution >= 4 is 23.2 Å². The van der Waals surface area contributed by atoms with Crippen LogP contribution >= 0.6 is 11.6 Å². The van der Waals surface area contributed by atoms with Gasteiger partial charge in [-0.1, -0.05) is 25.4 Å². The van der Waals surface area contributed by atoms with Crippen LogP contribution in [0.15, 0.2) is 18.2 Å². The number of halogens is 1. The van der Waals surface area contributed by atoms with Gasteiger partial charge in [-0.15, -0.1) is 0 Å². The Labute approximate surface area is 107 Å². The molecule has 0 heterocycles. The molecule has 0 fully saturated rings. The topological polar surface area (TPSA) is 55.1 Å². The van der Waals surface area contributed by atoms with Gasteiger partial charge in [-0.05, 0) is 38.0 Å². The highest BCUT2D eigenvalue weighted by atomic mass is 35.5. The van der Waals surface area contributed by atoms with E-state index in [1.165, 1.54) is 0 Å². The van der Waals surface area contributed by atoms with Gasteiger partial charge in [-0.3, -0.25) is 4.79 Å². The van der Waals surface area contributed by atoms with Crippen LogP contribution in [-0.2, 0) is 0 Å². The number of rotatable bonds is 4. The summed E-state index contributed by atoms with van der Waals surface area (Å²) in [5.74, 6) is -0.148. The fourth-order valence-corrected chi connectivity index (χ4v) is 1.69. The molecule has 0 atom stereocenters. The summed E-state index contributed by atoms with van der Waals surface area (Å²) in [6, 6.07) is 4.91. The molecular formula is C13H19ClN2O. The second-order valence-corrected chi connectivity index (χ2v) is 4.89. The van der Waals surface area contributed by atoms with E-state index < -0.39 is 0 Å². The maximum Gasteiger partial charge on any atom is 0.253 e. The highest BCUT2D eigenvalue weighted by molar-refractivity contribution is 6.31. The molecule has 0 saturated carbocycles. The second-order valence-electron chi connectivity index (χ2n) is 4.45. The molecule has 0 bridgehead atoms. The molecule has 0 spiro atoms. The number of anilines is 1. The van der Waals surface area contributed by atoms with E-state index in [2.05, 4.69) is 19.2 Å². The SMILES string of the molecule is CCC(C)(CC)NC(=O)c1ccc(Cl)cc1N. The number of amides is 1. The normalized spacial score (nSPS) is 11.3. The third-order valence-corrected chi connectivity index (χ3v) is 3.47. The first kappa shape index (κ1) is 13.8. The van der Waals surface area contributed by atoms with Crippen molar-refractivity contribution in [1.82, 2.24) is 5.32 Å². The molecule has 94 valence electrons. The van der Waals surface area contributed by atoms with Gasteiger partial charge < -0.3 is 11.1 Å². The van der Waals surface area contributed by atoms with E-state index in [4.69, 9.17) is 17.3 Å². The van der Waals surface area contributed by atoms with Crippen LogP contribution in [0.5, 0.6) is 0 Å². The van der Waals surface area contributed by atoms with Gasteiger partial charge in [0, 0.05) is 16.2 Å². The molecule has 0 radical (unpaired) electrons. The van der Waals surface area contributed by atoms with Crippen molar-refractivity contribution in [3.05, 3.63) is 28.8 Å². The Kier molecular flexibility index (Phi) is 4.40. The number of benzene rings is 1. The quantitative estimate of drug-likeness (QED) is 0.811. The lowest BCUT2D eigenvalue weighted by Gasteiger charge is -2.28. The number of nitrogens with one attached hydrogen (secondary N) is 1. The first-order valence-electron chi connectivity index (χ1n) is 5.79. The Balaban J connectivity index is 2.90. The Morgan fingerprint density at radius 1 is 1.41 bits per heavy atom. The molecule has 0 aliphatic carbocycles. The highest BCUT2D eigenvalue weighted by Crippen LogP contribution is 2.20. The zero-order chi connectivity index (χ0) is 13.1. The fourth-order valence-electron chi connectivity index (χ4n) is 1.51. The second kappa shape index (κ2) is 5.41. The van der Waals surface area contributed by atoms with Gasteiger partial charge in [0.1, 0.15) is 0 Å². The summed E-state index contributed by atoms with van der Waals surface area (Å²) in [6.45, 7) is 6.13. The zero-order valence-corrected chi connectivity index (χ0v) is 11.3. The predicted molar refractivity (Wildman–Crippen MR) is 72.3 cm³/mol. The highest BCUT2D eigenvalue weighted by Gasteiger charge is 2.23. The number of nitrogen functional groups attached to an aromatic ring is 1. The molecule has 0 aliphatic rings. The minimum Gasteiger partial charge on any atom is -0.398 e. The van der Waals surface area contributed by atoms with E-state index in [0.717, 1.165) is 12.8 Å². The van der Waals surface area contributed by atoms with Gasteiger partial charge in [0.15, 0.2) is 0 Å². The van der Waals surface area contributed by atoms with Crippen molar-refractivity contribution in [3.63, 3.8) is 0 Å². The summed E-state index contributed by atoms with van der Waals surface area (Å²) in [5, 5.41) is 3.54. The van der Waals surface area contributed by atoms with Crippen LogP contribution in [0, 0.1) is 0 Å². The Hall–Kier alpha value is -1.22. The molecule has 1 aromatic carbocycles. The minimum atomic E-state index is -0.191. The molecule has 0 saturated heterocycles. The van der Waals surface area contributed by atoms with Crippen LogP contribution in [0.25, 0.3) is 0 Å². The van der Waals surface area contributed by atoms with E-state index in [0.29, 0.717) is 16.3 Å². The lowest BCUT2D eigenvalue weighted by molar-refractivity contribution is 0.0902. The lowest BCUT2D eigenvalue weighted by atomic mass is 9.95. The summed E-state index contributed by atoms with van der Waals surface area (Å²) >= 11 is 5.80. The van der Waals surface area contributed by atoms with Crippen molar-refractivity contribution in [2.24, 2.45) is 0 Å². The van der Waals surface area contributed by atoms with Gasteiger partial charge in [0.25, 0.3) is 5.91 Å². The first-order valence-corrected chi connectivity index (χ1v) is 6.17. The largest absolute Gasteiger partial charge is 0.398 e. The molecule has 3 nitrogen and oxygen atoms in total. The van der Waals surface area contributed by atoms with E-state index in [1.807, 2.05) is 6.92 Å². The van der Waals surface area contributed by atoms with Crippen molar-refractivity contribution in [2.45, 2.75) is 39.2 Å². The van der Waals surface area contributed by atoms with Crippen molar-refractivity contribution in [3.8, 4) is 0 Å². The molecule has 3 N–H and O–H groups in total. The maximum atomic E-state index is 12.1. The van der Waals surface area contributed by atoms with E-state index in [1.54, 1.807) is 18.2 Å². The Bertz CT molecular complexity index is 414. The van der Waals surface area contributed by atoms with Gasteiger partial charge in [-0.25, -0.2) is 0 Å². The monoisotopic (exact) mass is 254 g/mol. The molecule has 4 heteroatoms. The summed E-state index contributed by atoms with van der Waals surface area (Å²) in [7, 11) is 0. The molecule has 1 aromatic rings. The van der Waals surface area contributed by atoms with Crippen LogP contribution in [-0.4, -0.2) is 11.4 Å². The standard InChI is InChI=1S/C13H19ClN2O/c1-4-13(3,5-2)16-12(17)10-7-6-9(14)8-11(10)15/h6-8H,4-5,15H2,1-3H3,(H,16,17). The summed E-state index contributed by atoms with van der Waals surface area (Å²) < 4.78 is 0. The summed E-state index contributed by atoms with van der Waals surface area (Å²) in [5.41, 5.74) is 6.47. The van der Waals surface area contributed by atoms with Crippen molar-refractivity contribution in [1.29, 1.82) is 0 Å². The predicted octanol–water partition coefficient (Wildman–Crippen LogP) is 3.23. The first-order chi connectivity index (χ1) is 7.91. The molecule has 1 amide bonds. The average molecular weight is 255 g/mol. The van der Waals surface area contributed by atoms with Crippen LogP contribution < -0.4 is 11.1 Å². The Morgan fingerprint density at radius 2 is 2.00 bits per heavy atom. The van der Waals surface area contributed by atoms with E-state index in [-0.39, 0.29) is 11.4 Å².